The van der Waals surface area contributed by atoms with Gasteiger partial charge in [0, 0.05) is 75.9 Å². The van der Waals surface area contributed by atoms with E-state index in [1.54, 1.807) is 21.9 Å². The number of amides is 6. The van der Waals surface area contributed by atoms with E-state index in [2.05, 4.69) is 48.3 Å². The van der Waals surface area contributed by atoms with E-state index in [4.69, 9.17) is 8.83 Å². The molecular formula is C77H97F7N8O7. The number of aromatic nitrogens is 2. The molecule has 99 heavy (non-hydrogen) atoms. The number of para-hydroxylation sites is 2. The van der Waals surface area contributed by atoms with Crippen LogP contribution in [-0.4, -0.2) is 92.9 Å². The SMILES string of the molecule is CC(C)NC(=O)N1Cc2cc(C(=O)NCC(F)(F)F)nc(-c3cccc(-c4cc5ccccc5o4)c3)c2[C@H]1CCO.CCCCCCCC.CCCCCCCC.CCC[C@@H]1c2c(cc(C(=O)NCC(F)(F)F)nc2-c2cccc(-c3cc4ccccc4o3)c2)CN1C(=O)NC(C)C.F. The van der Waals surface area contributed by atoms with Crippen LogP contribution in [0.4, 0.5) is 40.6 Å². The van der Waals surface area contributed by atoms with E-state index in [0.717, 1.165) is 39.5 Å². The highest BCUT2D eigenvalue weighted by molar-refractivity contribution is 5.95. The van der Waals surface area contributed by atoms with Crippen molar-refractivity contribution in [3.8, 4) is 45.2 Å². The Morgan fingerprint density at radius 2 is 0.859 bits per heavy atom. The first-order chi connectivity index (χ1) is 46.9. The van der Waals surface area contributed by atoms with Crippen LogP contribution >= 0.6 is 0 Å². The molecule has 0 saturated heterocycles. The van der Waals surface area contributed by atoms with Gasteiger partial charge in [-0.25, -0.2) is 19.6 Å². The Kier molecular flexibility index (Phi) is 30.4. The van der Waals surface area contributed by atoms with Gasteiger partial charge in [-0.2, -0.15) is 26.3 Å². The molecule has 0 radical (unpaired) electrons. The smallest absolute Gasteiger partial charge is 0.405 e. The number of fused-ring (bicyclic) bond motifs is 4. The lowest BCUT2D eigenvalue weighted by molar-refractivity contribution is -0.123. The summed E-state index contributed by atoms with van der Waals surface area (Å²) >= 11 is 0. The van der Waals surface area contributed by atoms with Gasteiger partial charge in [-0.3, -0.25) is 14.3 Å². The van der Waals surface area contributed by atoms with E-state index >= 15 is 0 Å². The van der Waals surface area contributed by atoms with E-state index in [1.807, 2.05) is 142 Å². The zero-order valence-electron chi connectivity index (χ0n) is 58.4. The monoisotopic (exact) mass is 1380 g/mol. The van der Waals surface area contributed by atoms with Gasteiger partial charge in [0.05, 0.1) is 23.5 Å². The largest absolute Gasteiger partial charge is 0.456 e. The maximum Gasteiger partial charge on any atom is 0.405 e. The predicted molar refractivity (Wildman–Crippen MR) is 378 cm³/mol. The molecule has 0 fully saturated rings. The average molecular weight is 1380 g/mol. The molecule has 10 rings (SSSR count). The highest BCUT2D eigenvalue weighted by Gasteiger charge is 2.40. The van der Waals surface area contributed by atoms with Crippen molar-refractivity contribution >= 4 is 45.8 Å². The topological polar surface area (TPSA) is 195 Å². The number of pyridine rings is 2. The van der Waals surface area contributed by atoms with E-state index in [1.165, 1.54) is 89.2 Å². The summed E-state index contributed by atoms with van der Waals surface area (Å²) in [6, 6.07) is 34.9. The number of alkyl halides is 6. The highest BCUT2D eigenvalue weighted by Crippen LogP contribution is 2.45. The molecule has 2 aliphatic heterocycles. The molecule has 4 aromatic carbocycles. The molecule has 22 heteroatoms. The second kappa shape index (κ2) is 38.0. The van der Waals surface area contributed by atoms with Gasteiger partial charge < -0.3 is 45.0 Å². The third kappa shape index (κ3) is 22.6. The van der Waals surface area contributed by atoms with Gasteiger partial charge in [0.15, 0.2) is 0 Å². The molecule has 6 amide bonds. The van der Waals surface area contributed by atoms with Crippen LogP contribution in [0.25, 0.3) is 67.1 Å². The number of unbranched alkanes of at least 4 members (excludes halogenated alkanes) is 10. The summed E-state index contributed by atoms with van der Waals surface area (Å²) in [5, 5.41) is 21.3. The molecule has 0 saturated carbocycles. The lowest BCUT2D eigenvalue weighted by atomic mass is 9.94. The molecule has 0 bridgehead atoms. The Labute approximate surface area is 576 Å². The summed E-state index contributed by atoms with van der Waals surface area (Å²) in [6.45, 7) is 15.5. The van der Waals surface area contributed by atoms with Crippen LogP contribution in [0.1, 0.15) is 214 Å². The maximum atomic E-state index is 13.2. The molecule has 5 N–H and O–H groups in total. The minimum absolute atomic E-state index is 0. The van der Waals surface area contributed by atoms with Crippen LogP contribution in [0, 0.1) is 0 Å². The maximum absolute atomic E-state index is 13.2. The second-order valence-electron chi connectivity index (χ2n) is 25.5. The number of nitrogens with one attached hydrogen (secondary N) is 4. The average Bonchev–Trinajstić information content (AvgIpc) is 1.64. The van der Waals surface area contributed by atoms with Crippen LogP contribution < -0.4 is 21.3 Å². The molecular weight excluding hydrogens is 1280 g/mol. The lowest BCUT2D eigenvalue weighted by Crippen LogP contribution is -2.42. The summed E-state index contributed by atoms with van der Waals surface area (Å²) in [5.41, 5.74) is 7.33. The van der Waals surface area contributed by atoms with Gasteiger partial charge in [0.2, 0.25) is 0 Å². The molecule has 4 aromatic heterocycles. The Morgan fingerprint density at radius 3 is 1.19 bits per heavy atom. The molecule has 2 aliphatic rings. The minimum atomic E-state index is -4.59. The van der Waals surface area contributed by atoms with E-state index in [-0.39, 0.29) is 72.4 Å². The Bertz CT molecular complexity index is 3580. The van der Waals surface area contributed by atoms with Crippen LogP contribution in [0.15, 0.2) is 130 Å². The minimum Gasteiger partial charge on any atom is -0.456 e. The number of benzene rings is 4. The van der Waals surface area contributed by atoms with Crippen molar-refractivity contribution in [3.05, 3.63) is 155 Å². The van der Waals surface area contributed by atoms with Gasteiger partial charge in [0.25, 0.3) is 11.8 Å². The number of urea groups is 2. The zero-order chi connectivity index (χ0) is 71.1. The summed E-state index contributed by atoms with van der Waals surface area (Å²) in [6.07, 6.45) is 9.46. The van der Waals surface area contributed by atoms with Crippen molar-refractivity contribution in [1.29, 1.82) is 0 Å². The first-order valence-corrected chi connectivity index (χ1v) is 34.6. The van der Waals surface area contributed by atoms with Crippen LogP contribution in [0.2, 0.25) is 0 Å². The summed E-state index contributed by atoms with van der Waals surface area (Å²) in [5.74, 6) is -0.666. The third-order valence-corrected chi connectivity index (χ3v) is 16.7. The Hall–Kier alpha value is -8.79. The van der Waals surface area contributed by atoms with Gasteiger partial charge in [-0.15, -0.1) is 0 Å². The van der Waals surface area contributed by atoms with Crippen molar-refractivity contribution in [2.75, 3.05) is 19.7 Å². The predicted octanol–water partition coefficient (Wildman–Crippen LogP) is 19.9. The highest BCUT2D eigenvalue weighted by atomic mass is 19.4. The third-order valence-electron chi connectivity index (χ3n) is 16.7. The number of aliphatic hydroxyl groups excluding tert-OH is 1. The van der Waals surface area contributed by atoms with Crippen molar-refractivity contribution in [2.24, 2.45) is 0 Å². The van der Waals surface area contributed by atoms with E-state index < -0.39 is 43.3 Å². The van der Waals surface area contributed by atoms with Crippen molar-refractivity contribution < 1.29 is 64.2 Å². The fourth-order valence-corrected chi connectivity index (χ4v) is 12.0. The number of hydrogen-bond acceptors (Lipinski definition) is 9. The summed E-state index contributed by atoms with van der Waals surface area (Å²) in [7, 11) is 0. The number of furan rings is 2. The Morgan fingerprint density at radius 1 is 0.495 bits per heavy atom. The molecule has 0 spiro atoms. The van der Waals surface area contributed by atoms with Crippen molar-refractivity contribution in [3.63, 3.8) is 0 Å². The van der Waals surface area contributed by atoms with Crippen LogP contribution in [0.3, 0.4) is 0 Å². The molecule has 0 unspecified atom stereocenters. The van der Waals surface area contributed by atoms with Gasteiger partial charge >= 0.3 is 24.4 Å². The molecule has 8 aromatic rings. The number of carbonyl (C=O) groups is 4. The number of nitrogens with zero attached hydrogens (tertiary/aromatic N) is 4. The van der Waals surface area contributed by atoms with Crippen molar-refractivity contribution in [1.82, 2.24) is 41.0 Å². The number of carbonyl (C=O) groups excluding carboxylic acids is 4. The summed E-state index contributed by atoms with van der Waals surface area (Å²) in [4.78, 5) is 64.4. The molecule has 15 nitrogen and oxygen atoms in total. The molecule has 6 heterocycles. The number of rotatable bonds is 24. The first-order valence-electron chi connectivity index (χ1n) is 34.6. The number of aliphatic hydroxyl groups is 1. The van der Waals surface area contributed by atoms with Crippen LogP contribution in [0.5, 0.6) is 0 Å². The number of hydrogen-bond donors (Lipinski definition) is 5. The van der Waals surface area contributed by atoms with E-state index in [0.29, 0.717) is 62.7 Å². The van der Waals surface area contributed by atoms with Gasteiger partial charge in [-0.05, 0) is 100 Å². The van der Waals surface area contributed by atoms with Crippen molar-refractivity contribution in [2.45, 2.75) is 208 Å². The molecule has 2 atom stereocenters. The normalized spacial score (nSPS) is 13.9. The van der Waals surface area contributed by atoms with E-state index in [9.17, 15) is 50.6 Å². The fourth-order valence-electron chi connectivity index (χ4n) is 12.0. The fraction of sp³-hybridized carbons (Fsp3) is 0.455. The lowest BCUT2D eigenvalue weighted by Gasteiger charge is -2.27. The summed E-state index contributed by atoms with van der Waals surface area (Å²) < 4.78 is 89.2. The molecule has 0 aliphatic carbocycles. The number of halogens is 7. The Balaban J connectivity index is 0.000000253. The quantitative estimate of drug-likeness (QED) is 0.0289. The standard InChI is InChI=1S/C31H31F3N4O3.C30H29F3N4O4.2C8H18.FH/c1-4-8-24-27-22(16-38(24)30(40)36-18(2)3)14-23(29(39)35-17-31(32,33)34)37-28(27)21-11-7-10-19(13-21)26-15-20-9-5-6-12-25(20)41-26;1-17(2)35-29(40)37-15-21-13-22(28(39)34-16-30(31,32)33)36-27(26(21)23(37)10-11-38)20-8-5-7-18(12-20)25-14-19-6-3-4-9-24(19)41-25;2*1-3-5-7-8-6-4-2;/h5-7,9-15,18,24H,4,8,16-17H2,1-3H3,(H,35,39)(H,36,40);3-9,12-14,17,23,38H,10-11,15-16H2,1-2H3,(H,34,39)(H,35,40);2*3-8H2,1-2H3;1H/t24-;23-;;;/m11.../s1. The van der Waals surface area contributed by atoms with Crippen LogP contribution in [-0.2, 0) is 13.1 Å². The zero-order valence-corrected chi connectivity index (χ0v) is 58.4. The second-order valence-corrected chi connectivity index (χ2v) is 25.5. The first kappa shape index (κ1) is 79.2. The molecule has 536 valence electrons. The van der Waals surface area contributed by atoms with Gasteiger partial charge in [0.1, 0.15) is 47.2 Å². The van der Waals surface area contributed by atoms with Gasteiger partial charge in [-0.1, -0.05) is 191 Å².